The van der Waals surface area contributed by atoms with Gasteiger partial charge in [-0.25, -0.2) is 0 Å². The van der Waals surface area contributed by atoms with Crippen LogP contribution in [-0.4, -0.2) is 48.2 Å². The second-order valence-electron chi connectivity index (χ2n) is 6.91. The molecule has 2 saturated heterocycles. The number of ether oxygens (including phenoxy) is 2. The molecule has 1 aromatic carbocycles. The highest BCUT2D eigenvalue weighted by atomic mass is 16.5. The second-order valence-corrected chi connectivity index (χ2v) is 6.91. The maximum absolute atomic E-state index is 12.6. The molecule has 0 saturated carbocycles. The Bertz CT molecular complexity index is 751. The van der Waals surface area contributed by atoms with Crippen LogP contribution in [0.1, 0.15) is 12.0 Å². The van der Waals surface area contributed by atoms with Crippen molar-refractivity contribution in [2.45, 2.75) is 25.2 Å². The van der Waals surface area contributed by atoms with Crippen molar-refractivity contribution in [1.82, 2.24) is 9.88 Å². The first-order valence-electron chi connectivity index (χ1n) is 8.93. The molecule has 2 aliphatic heterocycles. The number of hydrogen-bond donors (Lipinski definition) is 1. The van der Waals surface area contributed by atoms with Crippen LogP contribution in [0.15, 0.2) is 48.8 Å². The summed E-state index contributed by atoms with van der Waals surface area (Å²) in [5.74, 6) is 0.779. The highest BCUT2D eigenvalue weighted by Gasteiger charge is 2.44. The molecule has 136 valence electrons. The molecule has 2 aliphatic rings. The first kappa shape index (κ1) is 17.0. The number of amides is 1. The van der Waals surface area contributed by atoms with Crippen molar-refractivity contribution in [2.75, 3.05) is 25.5 Å². The zero-order valence-electron chi connectivity index (χ0n) is 14.8. The lowest BCUT2D eigenvalue weighted by Gasteiger charge is -2.32. The summed E-state index contributed by atoms with van der Waals surface area (Å²) in [4.78, 5) is 19.1. The minimum absolute atomic E-state index is 0.0248. The van der Waals surface area contributed by atoms with Crippen LogP contribution in [0.4, 0.5) is 5.69 Å². The number of nitrogens with one attached hydrogen (secondary N) is 1. The van der Waals surface area contributed by atoms with Gasteiger partial charge < -0.3 is 14.8 Å². The number of likely N-dealkylation sites (tertiary alicyclic amines) is 1. The molecule has 26 heavy (non-hydrogen) atoms. The predicted octanol–water partition coefficient (Wildman–Crippen LogP) is 2.32. The van der Waals surface area contributed by atoms with E-state index in [0.717, 1.165) is 37.5 Å². The van der Waals surface area contributed by atoms with Crippen molar-refractivity contribution in [1.29, 1.82) is 0 Å². The fourth-order valence-electron chi connectivity index (χ4n) is 3.80. The van der Waals surface area contributed by atoms with E-state index in [1.165, 1.54) is 5.56 Å². The van der Waals surface area contributed by atoms with Crippen molar-refractivity contribution < 1.29 is 14.3 Å². The van der Waals surface area contributed by atoms with Gasteiger partial charge in [-0.05, 0) is 36.2 Å². The second kappa shape index (κ2) is 7.43. The van der Waals surface area contributed by atoms with E-state index in [9.17, 15) is 4.79 Å². The lowest BCUT2D eigenvalue weighted by Crippen LogP contribution is -2.44. The number of methoxy groups -OCH3 is 1. The van der Waals surface area contributed by atoms with Gasteiger partial charge in [0, 0.05) is 25.8 Å². The number of nitrogens with zero attached hydrogens (tertiary/aromatic N) is 2. The van der Waals surface area contributed by atoms with Gasteiger partial charge in [0.1, 0.15) is 5.75 Å². The number of carbonyl (C=O) groups is 1. The molecule has 2 aromatic rings. The van der Waals surface area contributed by atoms with Gasteiger partial charge in [0.15, 0.2) is 0 Å². The molecular weight excluding hydrogens is 330 g/mol. The maximum atomic E-state index is 12.6. The van der Waals surface area contributed by atoms with Gasteiger partial charge in [0.25, 0.3) is 0 Å². The van der Waals surface area contributed by atoms with Crippen LogP contribution < -0.4 is 10.1 Å². The van der Waals surface area contributed by atoms with E-state index < -0.39 is 0 Å². The van der Waals surface area contributed by atoms with Crippen LogP contribution in [-0.2, 0) is 16.1 Å². The summed E-state index contributed by atoms with van der Waals surface area (Å²) in [6, 6.07) is 11.8. The molecule has 4 rings (SSSR count). The molecule has 0 spiro atoms. The Kier molecular flexibility index (Phi) is 4.86. The first-order chi connectivity index (χ1) is 12.7. The zero-order chi connectivity index (χ0) is 17.9. The Labute approximate surface area is 153 Å². The number of anilines is 1. The molecule has 1 N–H and O–H groups in total. The van der Waals surface area contributed by atoms with Gasteiger partial charge in [0.2, 0.25) is 5.91 Å². The zero-order valence-corrected chi connectivity index (χ0v) is 14.8. The number of aromatic nitrogens is 1. The molecule has 2 fully saturated rings. The number of fused-ring (bicyclic) bond motifs is 2. The summed E-state index contributed by atoms with van der Waals surface area (Å²) in [5.41, 5.74) is 1.97. The van der Waals surface area contributed by atoms with Crippen molar-refractivity contribution in [3.05, 3.63) is 54.4 Å². The third-order valence-corrected chi connectivity index (χ3v) is 5.06. The molecular formula is C20H23N3O3. The number of rotatable bonds is 5. The number of morpholine rings is 1. The van der Waals surface area contributed by atoms with E-state index in [-0.39, 0.29) is 24.0 Å². The van der Waals surface area contributed by atoms with Crippen LogP contribution in [0, 0.1) is 5.92 Å². The average molecular weight is 353 g/mol. The normalized spacial score (nSPS) is 25.0. The molecule has 2 bridgehead atoms. The standard InChI is InChI=1S/C20H23N3O3/c1-25-16-6-4-14(5-7-16)11-23-12-17-9-18(19(13-23)26-17)20(24)22-15-3-2-8-21-10-15/h2-8,10,17-19H,9,11-13H2,1H3,(H,22,24)/t17-,18+,19-/m0/s1. The summed E-state index contributed by atoms with van der Waals surface area (Å²) < 4.78 is 11.2. The van der Waals surface area contributed by atoms with Gasteiger partial charge in [-0.15, -0.1) is 0 Å². The van der Waals surface area contributed by atoms with Crippen molar-refractivity contribution in [3.8, 4) is 5.75 Å². The fraction of sp³-hybridized carbons (Fsp3) is 0.400. The van der Waals surface area contributed by atoms with E-state index in [1.807, 2.05) is 24.3 Å². The van der Waals surface area contributed by atoms with Crippen LogP contribution in [0.25, 0.3) is 0 Å². The van der Waals surface area contributed by atoms with Gasteiger partial charge in [-0.1, -0.05) is 12.1 Å². The lowest BCUT2D eigenvalue weighted by atomic mass is 9.99. The third-order valence-electron chi connectivity index (χ3n) is 5.06. The van der Waals surface area contributed by atoms with Crippen molar-refractivity contribution in [3.63, 3.8) is 0 Å². The molecule has 0 aliphatic carbocycles. The Balaban J connectivity index is 1.37. The van der Waals surface area contributed by atoms with Crippen LogP contribution in [0.5, 0.6) is 5.75 Å². The smallest absolute Gasteiger partial charge is 0.230 e. The van der Waals surface area contributed by atoms with E-state index in [4.69, 9.17) is 9.47 Å². The van der Waals surface area contributed by atoms with Gasteiger partial charge in [-0.2, -0.15) is 0 Å². The molecule has 0 radical (unpaired) electrons. The van der Waals surface area contributed by atoms with Crippen molar-refractivity contribution >= 4 is 11.6 Å². The Morgan fingerprint density at radius 1 is 1.31 bits per heavy atom. The van der Waals surface area contributed by atoms with Crippen LogP contribution >= 0.6 is 0 Å². The molecule has 3 atom stereocenters. The summed E-state index contributed by atoms with van der Waals surface area (Å²) in [6.07, 6.45) is 4.20. The molecule has 3 heterocycles. The van der Waals surface area contributed by atoms with Crippen molar-refractivity contribution in [2.24, 2.45) is 5.92 Å². The Morgan fingerprint density at radius 3 is 2.88 bits per heavy atom. The molecule has 1 amide bonds. The quantitative estimate of drug-likeness (QED) is 0.894. The minimum atomic E-state index is -0.110. The summed E-state index contributed by atoms with van der Waals surface area (Å²) >= 11 is 0. The minimum Gasteiger partial charge on any atom is -0.497 e. The summed E-state index contributed by atoms with van der Waals surface area (Å²) in [7, 11) is 1.67. The van der Waals surface area contributed by atoms with E-state index in [2.05, 4.69) is 27.3 Å². The van der Waals surface area contributed by atoms with E-state index in [1.54, 1.807) is 19.5 Å². The molecule has 1 aromatic heterocycles. The molecule has 0 unspecified atom stereocenters. The van der Waals surface area contributed by atoms with Crippen LogP contribution in [0.3, 0.4) is 0 Å². The SMILES string of the molecule is COc1ccc(CN2C[C@@H]3C[C@@H](C(=O)Nc4cccnc4)[C@H](C2)O3)cc1. The fourth-order valence-corrected chi connectivity index (χ4v) is 3.80. The highest BCUT2D eigenvalue weighted by Crippen LogP contribution is 2.33. The summed E-state index contributed by atoms with van der Waals surface area (Å²) in [5, 5.41) is 2.96. The molecule has 6 heteroatoms. The number of carbonyl (C=O) groups excluding carboxylic acids is 1. The third kappa shape index (κ3) is 3.71. The molecule has 6 nitrogen and oxygen atoms in total. The predicted molar refractivity (Wildman–Crippen MR) is 97.9 cm³/mol. The topological polar surface area (TPSA) is 63.7 Å². The number of hydrogen-bond acceptors (Lipinski definition) is 5. The summed E-state index contributed by atoms with van der Waals surface area (Å²) in [6.45, 7) is 2.49. The number of pyridine rings is 1. The maximum Gasteiger partial charge on any atom is 0.230 e. The average Bonchev–Trinajstić information content (AvgIpc) is 2.97. The largest absolute Gasteiger partial charge is 0.497 e. The Hall–Kier alpha value is -2.44. The van der Waals surface area contributed by atoms with E-state index >= 15 is 0 Å². The lowest BCUT2D eigenvalue weighted by molar-refractivity contribution is -0.123. The van der Waals surface area contributed by atoms with Crippen LogP contribution in [0.2, 0.25) is 0 Å². The van der Waals surface area contributed by atoms with E-state index in [0.29, 0.717) is 0 Å². The Morgan fingerprint density at radius 2 is 2.15 bits per heavy atom. The first-order valence-corrected chi connectivity index (χ1v) is 8.93. The highest BCUT2D eigenvalue weighted by molar-refractivity contribution is 5.93. The monoisotopic (exact) mass is 353 g/mol. The van der Waals surface area contributed by atoms with Gasteiger partial charge in [-0.3, -0.25) is 14.7 Å². The van der Waals surface area contributed by atoms with Gasteiger partial charge >= 0.3 is 0 Å². The number of benzene rings is 1. The van der Waals surface area contributed by atoms with Gasteiger partial charge in [0.05, 0.1) is 37.1 Å².